The zero-order valence-corrected chi connectivity index (χ0v) is 13.6. The van der Waals surface area contributed by atoms with Crippen LogP contribution in [0, 0.1) is 0 Å². The normalized spacial score (nSPS) is 10.4. The van der Waals surface area contributed by atoms with Crippen LogP contribution in [0.25, 0.3) is 0 Å². The lowest BCUT2D eigenvalue weighted by atomic mass is 10.3. The second kappa shape index (κ2) is 7.06. The highest BCUT2D eigenvalue weighted by molar-refractivity contribution is 9.10. The van der Waals surface area contributed by atoms with Crippen LogP contribution in [0.4, 0.5) is 11.6 Å². The van der Waals surface area contributed by atoms with Crippen molar-refractivity contribution in [2.45, 2.75) is 13.3 Å². The Morgan fingerprint density at radius 2 is 2.05 bits per heavy atom. The van der Waals surface area contributed by atoms with Crippen LogP contribution >= 0.6 is 39.1 Å². The Morgan fingerprint density at radius 3 is 2.80 bits per heavy atom. The highest BCUT2D eigenvalue weighted by Gasteiger charge is 2.08. The third kappa shape index (κ3) is 4.19. The second-order valence-electron chi connectivity index (χ2n) is 3.81. The zero-order valence-electron chi connectivity index (χ0n) is 10.5. The van der Waals surface area contributed by atoms with E-state index >= 15 is 0 Å². The van der Waals surface area contributed by atoms with Crippen molar-refractivity contribution in [1.82, 2.24) is 15.0 Å². The fourth-order valence-electron chi connectivity index (χ4n) is 1.36. The molecule has 1 aromatic carbocycles. The Labute approximate surface area is 134 Å². The van der Waals surface area contributed by atoms with Crippen LogP contribution in [0.2, 0.25) is 10.3 Å². The van der Waals surface area contributed by atoms with E-state index in [4.69, 9.17) is 27.9 Å². The third-order valence-corrected chi connectivity index (χ3v) is 3.29. The molecule has 0 radical (unpaired) electrons. The Morgan fingerprint density at radius 1 is 1.25 bits per heavy atom. The zero-order chi connectivity index (χ0) is 14.5. The molecule has 0 fully saturated rings. The minimum atomic E-state index is 0.0618. The third-order valence-electron chi connectivity index (χ3n) is 2.20. The first kappa shape index (κ1) is 15.3. The van der Waals surface area contributed by atoms with Crippen LogP contribution in [-0.2, 0) is 0 Å². The summed E-state index contributed by atoms with van der Waals surface area (Å²) >= 11 is 15.2. The van der Waals surface area contributed by atoms with E-state index in [2.05, 4.69) is 36.2 Å². The van der Waals surface area contributed by atoms with E-state index < -0.39 is 0 Å². The van der Waals surface area contributed by atoms with Gasteiger partial charge in [0.25, 0.3) is 0 Å². The molecule has 0 saturated heterocycles. The monoisotopic (exact) mass is 376 g/mol. The first-order chi connectivity index (χ1) is 9.58. The van der Waals surface area contributed by atoms with Crippen LogP contribution in [-0.4, -0.2) is 21.6 Å². The van der Waals surface area contributed by atoms with Gasteiger partial charge < -0.3 is 10.1 Å². The molecule has 20 heavy (non-hydrogen) atoms. The lowest BCUT2D eigenvalue weighted by molar-refractivity contribution is 0.292. The van der Waals surface area contributed by atoms with Crippen molar-refractivity contribution in [1.29, 1.82) is 0 Å². The molecule has 0 amide bonds. The fourth-order valence-corrected chi connectivity index (χ4v) is 2.03. The lowest BCUT2D eigenvalue weighted by Crippen LogP contribution is -2.05. The van der Waals surface area contributed by atoms with Gasteiger partial charge >= 0.3 is 6.01 Å². The second-order valence-corrected chi connectivity index (χ2v) is 5.44. The molecule has 2 rings (SSSR count). The number of benzene rings is 1. The Hall–Kier alpha value is -1.11. The summed E-state index contributed by atoms with van der Waals surface area (Å²) in [5.74, 6) is 0.291. The number of nitrogens with one attached hydrogen (secondary N) is 1. The van der Waals surface area contributed by atoms with Gasteiger partial charge in [-0.15, -0.1) is 0 Å². The van der Waals surface area contributed by atoms with Crippen molar-refractivity contribution in [3.8, 4) is 6.01 Å². The molecule has 0 saturated carbocycles. The van der Waals surface area contributed by atoms with E-state index in [-0.39, 0.29) is 11.3 Å². The van der Waals surface area contributed by atoms with Gasteiger partial charge in [-0.25, -0.2) is 0 Å². The van der Waals surface area contributed by atoms with Gasteiger partial charge in [-0.2, -0.15) is 15.0 Å². The minimum Gasteiger partial charge on any atom is -0.463 e. The SMILES string of the molecule is CCCOc1nc(Cl)nc(Nc2cc(Cl)ccc2Br)n1. The van der Waals surface area contributed by atoms with Crippen LogP contribution in [0.15, 0.2) is 22.7 Å². The predicted octanol–water partition coefficient (Wildman–Crippen LogP) is 4.47. The molecule has 1 aromatic heterocycles. The first-order valence-electron chi connectivity index (χ1n) is 5.85. The van der Waals surface area contributed by atoms with Crippen LogP contribution in [0.3, 0.4) is 0 Å². The number of halogens is 3. The molecule has 8 heteroatoms. The van der Waals surface area contributed by atoms with E-state index in [1.54, 1.807) is 12.1 Å². The molecule has 2 aromatic rings. The molecule has 0 atom stereocenters. The largest absolute Gasteiger partial charge is 0.463 e. The van der Waals surface area contributed by atoms with E-state index in [1.165, 1.54) is 0 Å². The van der Waals surface area contributed by atoms with Crippen LogP contribution < -0.4 is 10.1 Å². The Bertz CT molecular complexity index is 612. The standard InChI is InChI=1S/C12H11BrCl2N4O/c1-2-5-20-12-18-10(15)17-11(19-12)16-9-6-7(14)3-4-8(9)13/h3-4,6H,2,5H2,1H3,(H,16,17,18,19). The number of hydrogen-bond acceptors (Lipinski definition) is 5. The van der Waals surface area contributed by atoms with Crippen molar-refractivity contribution in [3.05, 3.63) is 33.0 Å². The average Bonchev–Trinajstić information content (AvgIpc) is 2.40. The highest BCUT2D eigenvalue weighted by Crippen LogP contribution is 2.28. The maximum Gasteiger partial charge on any atom is 0.322 e. The summed E-state index contributed by atoms with van der Waals surface area (Å²) in [6.45, 7) is 2.51. The smallest absolute Gasteiger partial charge is 0.322 e. The summed E-state index contributed by atoms with van der Waals surface area (Å²) < 4.78 is 6.17. The van der Waals surface area contributed by atoms with E-state index in [0.29, 0.717) is 17.6 Å². The Balaban J connectivity index is 2.24. The molecule has 0 aliphatic rings. The molecule has 5 nitrogen and oxygen atoms in total. The molecule has 0 aliphatic carbocycles. The molecule has 1 N–H and O–H groups in total. The topological polar surface area (TPSA) is 59.9 Å². The summed E-state index contributed by atoms with van der Waals surface area (Å²) in [5, 5.41) is 3.67. The number of rotatable bonds is 5. The Kier molecular flexibility index (Phi) is 5.39. The van der Waals surface area contributed by atoms with Crippen molar-refractivity contribution in [3.63, 3.8) is 0 Å². The molecule has 0 aliphatic heterocycles. The van der Waals surface area contributed by atoms with E-state index in [1.807, 2.05) is 13.0 Å². The summed E-state index contributed by atoms with van der Waals surface area (Å²) in [7, 11) is 0. The quantitative estimate of drug-likeness (QED) is 0.832. The van der Waals surface area contributed by atoms with Crippen molar-refractivity contribution >= 4 is 50.8 Å². The number of nitrogens with zero attached hydrogens (tertiary/aromatic N) is 3. The molecule has 106 valence electrons. The average molecular weight is 378 g/mol. The lowest BCUT2D eigenvalue weighted by Gasteiger charge is -2.09. The first-order valence-corrected chi connectivity index (χ1v) is 7.40. The number of anilines is 2. The molecular weight excluding hydrogens is 367 g/mol. The molecular formula is C12H11BrCl2N4O. The van der Waals surface area contributed by atoms with E-state index in [0.717, 1.165) is 16.6 Å². The van der Waals surface area contributed by atoms with Crippen LogP contribution in [0.5, 0.6) is 6.01 Å². The van der Waals surface area contributed by atoms with Gasteiger partial charge in [0.15, 0.2) is 0 Å². The maximum absolute atomic E-state index is 5.95. The molecule has 0 spiro atoms. The number of aromatic nitrogens is 3. The van der Waals surface area contributed by atoms with Crippen molar-refractivity contribution in [2.24, 2.45) is 0 Å². The molecule has 0 bridgehead atoms. The van der Waals surface area contributed by atoms with Gasteiger partial charge in [0, 0.05) is 9.50 Å². The number of hydrogen-bond donors (Lipinski definition) is 1. The van der Waals surface area contributed by atoms with Gasteiger partial charge in [-0.1, -0.05) is 18.5 Å². The van der Waals surface area contributed by atoms with Gasteiger partial charge in [-0.3, -0.25) is 0 Å². The minimum absolute atomic E-state index is 0.0618. The summed E-state index contributed by atoms with van der Waals surface area (Å²) in [6.07, 6.45) is 0.853. The number of ether oxygens (including phenoxy) is 1. The fraction of sp³-hybridized carbons (Fsp3) is 0.250. The van der Waals surface area contributed by atoms with Gasteiger partial charge in [0.2, 0.25) is 11.2 Å². The van der Waals surface area contributed by atoms with E-state index in [9.17, 15) is 0 Å². The predicted molar refractivity (Wildman–Crippen MR) is 83.1 cm³/mol. The molecule has 0 unspecified atom stereocenters. The molecule has 1 heterocycles. The van der Waals surface area contributed by atoms with Crippen molar-refractivity contribution in [2.75, 3.05) is 11.9 Å². The highest BCUT2D eigenvalue weighted by atomic mass is 79.9. The van der Waals surface area contributed by atoms with Crippen LogP contribution in [0.1, 0.15) is 13.3 Å². The maximum atomic E-state index is 5.95. The summed E-state index contributed by atoms with van der Waals surface area (Å²) in [6, 6.07) is 5.53. The summed E-state index contributed by atoms with van der Waals surface area (Å²) in [4.78, 5) is 12.0. The van der Waals surface area contributed by atoms with Gasteiger partial charge in [0.1, 0.15) is 0 Å². The van der Waals surface area contributed by atoms with Gasteiger partial charge in [-0.05, 0) is 52.2 Å². The summed E-state index contributed by atoms with van der Waals surface area (Å²) in [5.41, 5.74) is 0.723. The van der Waals surface area contributed by atoms with Gasteiger partial charge in [0.05, 0.1) is 12.3 Å². The van der Waals surface area contributed by atoms with Crippen molar-refractivity contribution < 1.29 is 4.74 Å².